The first-order valence-electron chi connectivity index (χ1n) is 4.80. The van der Waals surface area contributed by atoms with Crippen LogP contribution in [0.25, 0.3) is 11.4 Å². The molecular weight excluding hydrogens is 188 g/mol. The Balaban J connectivity index is 2.43. The molecule has 0 fully saturated rings. The van der Waals surface area contributed by atoms with Crippen LogP contribution in [0.2, 0.25) is 0 Å². The summed E-state index contributed by atoms with van der Waals surface area (Å²) in [6.07, 6.45) is 1.67. The fourth-order valence-corrected chi connectivity index (χ4v) is 1.37. The highest BCUT2D eigenvalue weighted by molar-refractivity contribution is 5.54. The molecule has 0 aliphatic carbocycles. The first kappa shape index (κ1) is 9.80. The molecule has 0 spiro atoms. The third-order valence-corrected chi connectivity index (χ3v) is 2.28. The van der Waals surface area contributed by atoms with Crippen molar-refractivity contribution in [1.82, 2.24) is 9.97 Å². The summed E-state index contributed by atoms with van der Waals surface area (Å²) in [5.41, 5.74) is 2.59. The van der Waals surface area contributed by atoms with E-state index in [2.05, 4.69) is 9.97 Å². The lowest BCUT2D eigenvalue weighted by molar-refractivity contribution is 0.280. The largest absolute Gasteiger partial charge is 0.392 e. The van der Waals surface area contributed by atoms with Gasteiger partial charge in [-0.25, -0.2) is 9.97 Å². The lowest BCUT2D eigenvalue weighted by atomic mass is 10.2. The van der Waals surface area contributed by atoms with Crippen LogP contribution in [0.3, 0.4) is 0 Å². The molecule has 0 atom stereocenters. The molecule has 0 saturated carbocycles. The molecular formula is C12H12N2O. The van der Waals surface area contributed by atoms with Gasteiger partial charge in [0.1, 0.15) is 0 Å². The van der Waals surface area contributed by atoms with Crippen molar-refractivity contribution in [2.24, 2.45) is 0 Å². The highest BCUT2D eigenvalue weighted by Gasteiger charge is 2.03. The maximum absolute atomic E-state index is 9.00. The first-order valence-corrected chi connectivity index (χ1v) is 4.80. The summed E-state index contributed by atoms with van der Waals surface area (Å²) >= 11 is 0. The van der Waals surface area contributed by atoms with E-state index in [9.17, 15) is 0 Å². The molecule has 2 rings (SSSR count). The van der Waals surface area contributed by atoms with E-state index in [1.165, 1.54) is 0 Å². The predicted molar refractivity (Wildman–Crippen MR) is 58.1 cm³/mol. The lowest BCUT2D eigenvalue weighted by Crippen LogP contribution is -1.97. The molecule has 1 heterocycles. The number of hydrogen-bond donors (Lipinski definition) is 1. The molecule has 0 amide bonds. The van der Waals surface area contributed by atoms with Crippen molar-refractivity contribution < 1.29 is 5.11 Å². The minimum atomic E-state index is -0.0130. The molecule has 1 aromatic carbocycles. The van der Waals surface area contributed by atoms with Gasteiger partial charge in [-0.05, 0) is 6.92 Å². The number of aliphatic hydroxyl groups excluding tert-OH is 1. The smallest absolute Gasteiger partial charge is 0.159 e. The van der Waals surface area contributed by atoms with Crippen molar-refractivity contribution in [3.05, 3.63) is 47.8 Å². The zero-order chi connectivity index (χ0) is 10.7. The Labute approximate surface area is 88.5 Å². The Morgan fingerprint density at radius 1 is 1.20 bits per heavy atom. The minimum absolute atomic E-state index is 0.0130. The second-order valence-corrected chi connectivity index (χ2v) is 3.33. The van der Waals surface area contributed by atoms with Gasteiger partial charge in [0, 0.05) is 23.0 Å². The molecule has 1 N–H and O–H groups in total. The van der Waals surface area contributed by atoms with Gasteiger partial charge in [0.15, 0.2) is 5.82 Å². The van der Waals surface area contributed by atoms with Gasteiger partial charge in [0.2, 0.25) is 0 Å². The number of aliphatic hydroxyl groups is 1. The highest BCUT2D eigenvalue weighted by atomic mass is 16.3. The van der Waals surface area contributed by atoms with Gasteiger partial charge in [-0.1, -0.05) is 30.3 Å². The molecule has 0 radical (unpaired) electrons. The van der Waals surface area contributed by atoms with Crippen molar-refractivity contribution >= 4 is 0 Å². The van der Waals surface area contributed by atoms with E-state index in [1.807, 2.05) is 37.3 Å². The van der Waals surface area contributed by atoms with E-state index >= 15 is 0 Å². The topological polar surface area (TPSA) is 46.0 Å². The maximum Gasteiger partial charge on any atom is 0.159 e. The van der Waals surface area contributed by atoms with Crippen molar-refractivity contribution in [2.75, 3.05) is 0 Å². The van der Waals surface area contributed by atoms with Gasteiger partial charge in [-0.3, -0.25) is 0 Å². The van der Waals surface area contributed by atoms with Crippen LogP contribution in [0.5, 0.6) is 0 Å². The van der Waals surface area contributed by atoms with Crippen LogP contribution in [0.4, 0.5) is 0 Å². The molecule has 0 aliphatic rings. The SMILES string of the molecule is Cc1nc(-c2ccccc2)ncc1CO. The molecule has 0 saturated heterocycles. The van der Waals surface area contributed by atoms with E-state index in [-0.39, 0.29) is 6.61 Å². The highest BCUT2D eigenvalue weighted by Crippen LogP contribution is 2.15. The Hall–Kier alpha value is -1.74. The summed E-state index contributed by atoms with van der Waals surface area (Å²) < 4.78 is 0. The van der Waals surface area contributed by atoms with Crippen molar-refractivity contribution in [1.29, 1.82) is 0 Å². The van der Waals surface area contributed by atoms with Crippen LogP contribution in [0.15, 0.2) is 36.5 Å². The van der Waals surface area contributed by atoms with Crippen LogP contribution >= 0.6 is 0 Å². The molecule has 2 aromatic rings. The van der Waals surface area contributed by atoms with Crippen LogP contribution in [0.1, 0.15) is 11.3 Å². The second-order valence-electron chi connectivity index (χ2n) is 3.33. The summed E-state index contributed by atoms with van der Waals surface area (Å²) in [5.74, 6) is 0.699. The number of aryl methyl sites for hydroxylation is 1. The molecule has 3 nitrogen and oxygen atoms in total. The Kier molecular flexibility index (Phi) is 2.74. The third kappa shape index (κ3) is 2.02. The average molecular weight is 200 g/mol. The Morgan fingerprint density at radius 2 is 1.93 bits per heavy atom. The third-order valence-electron chi connectivity index (χ3n) is 2.28. The molecule has 1 aromatic heterocycles. The lowest BCUT2D eigenvalue weighted by Gasteiger charge is -2.04. The van der Waals surface area contributed by atoms with E-state index in [4.69, 9.17) is 5.11 Å². The van der Waals surface area contributed by atoms with Gasteiger partial charge in [-0.2, -0.15) is 0 Å². The van der Waals surface area contributed by atoms with Crippen molar-refractivity contribution in [3.8, 4) is 11.4 Å². The van der Waals surface area contributed by atoms with E-state index in [0.29, 0.717) is 5.82 Å². The van der Waals surface area contributed by atoms with Crippen LogP contribution < -0.4 is 0 Å². The van der Waals surface area contributed by atoms with Crippen LogP contribution in [-0.2, 0) is 6.61 Å². The van der Waals surface area contributed by atoms with E-state index in [0.717, 1.165) is 16.8 Å². The van der Waals surface area contributed by atoms with E-state index < -0.39 is 0 Å². The monoisotopic (exact) mass is 200 g/mol. The number of rotatable bonds is 2. The second kappa shape index (κ2) is 4.19. The van der Waals surface area contributed by atoms with Crippen molar-refractivity contribution in [3.63, 3.8) is 0 Å². The molecule has 0 aliphatic heterocycles. The van der Waals surface area contributed by atoms with Gasteiger partial charge >= 0.3 is 0 Å². The molecule has 15 heavy (non-hydrogen) atoms. The van der Waals surface area contributed by atoms with Crippen LogP contribution in [0, 0.1) is 6.92 Å². The number of hydrogen-bond acceptors (Lipinski definition) is 3. The van der Waals surface area contributed by atoms with Gasteiger partial charge in [0.05, 0.1) is 6.61 Å². The zero-order valence-corrected chi connectivity index (χ0v) is 8.51. The summed E-state index contributed by atoms with van der Waals surface area (Å²) in [6.45, 7) is 1.86. The molecule has 3 heteroatoms. The van der Waals surface area contributed by atoms with Gasteiger partial charge in [-0.15, -0.1) is 0 Å². The van der Waals surface area contributed by atoms with Crippen LogP contribution in [-0.4, -0.2) is 15.1 Å². The number of aromatic nitrogens is 2. The standard InChI is InChI=1S/C12H12N2O/c1-9-11(8-15)7-13-12(14-9)10-5-3-2-4-6-10/h2-7,15H,8H2,1H3. The quantitative estimate of drug-likeness (QED) is 0.805. The summed E-state index contributed by atoms with van der Waals surface area (Å²) in [5, 5.41) is 9.00. The summed E-state index contributed by atoms with van der Waals surface area (Å²) in [7, 11) is 0. The molecule has 0 unspecified atom stereocenters. The van der Waals surface area contributed by atoms with Crippen molar-refractivity contribution in [2.45, 2.75) is 13.5 Å². The maximum atomic E-state index is 9.00. The number of nitrogens with zero attached hydrogens (tertiary/aromatic N) is 2. The average Bonchev–Trinajstić information content (AvgIpc) is 2.30. The molecule has 76 valence electrons. The van der Waals surface area contributed by atoms with E-state index in [1.54, 1.807) is 6.20 Å². The fourth-order valence-electron chi connectivity index (χ4n) is 1.37. The molecule has 0 bridgehead atoms. The fraction of sp³-hybridized carbons (Fsp3) is 0.167. The Morgan fingerprint density at radius 3 is 2.53 bits per heavy atom. The number of benzene rings is 1. The summed E-state index contributed by atoms with van der Waals surface area (Å²) in [4.78, 5) is 8.55. The first-order chi connectivity index (χ1) is 7.31. The van der Waals surface area contributed by atoms with Gasteiger partial charge < -0.3 is 5.11 Å². The Bertz CT molecular complexity index is 454. The van der Waals surface area contributed by atoms with Gasteiger partial charge in [0.25, 0.3) is 0 Å². The predicted octanol–water partition coefficient (Wildman–Crippen LogP) is 1.94. The minimum Gasteiger partial charge on any atom is -0.392 e. The summed E-state index contributed by atoms with van der Waals surface area (Å²) in [6, 6.07) is 9.79. The zero-order valence-electron chi connectivity index (χ0n) is 8.51. The normalized spacial score (nSPS) is 10.3.